The summed E-state index contributed by atoms with van der Waals surface area (Å²) in [5.74, 6) is 0.569. The number of β-amino-alcohol motifs (C(OH)–C–C–N with tert-alkyl or cyclic N) is 1. The predicted octanol–water partition coefficient (Wildman–Crippen LogP) is 2.48. The first-order chi connectivity index (χ1) is 18.9. The Balaban J connectivity index is 1.42. The first kappa shape index (κ1) is 27.9. The number of nitrogens with zero attached hydrogens (tertiary/aromatic N) is 6. The summed E-state index contributed by atoms with van der Waals surface area (Å²) in [6.07, 6.45) is 6.74. The van der Waals surface area contributed by atoms with Crippen LogP contribution in [0.15, 0.2) is 35.4 Å². The standard InChI is InChI=1S/C27H39N7O4S/c1-2-3-12-28-27-29-19-24-25(31-34(26(24)30-27)21-6-8-22(36)9-7-21)20-4-10-23(11-5-20)39(37,38)33-15-13-32(14-16-33)17-18-35/h4-5,10-11,19,21-22,35-36H,2-3,6-9,12-18H2,1H3,(H,28,29,30). The molecule has 39 heavy (non-hydrogen) atoms. The van der Waals surface area contributed by atoms with Gasteiger partial charge in [-0.3, -0.25) is 4.90 Å². The molecule has 1 saturated heterocycles. The zero-order valence-corrected chi connectivity index (χ0v) is 23.4. The summed E-state index contributed by atoms with van der Waals surface area (Å²) in [6, 6.07) is 7.03. The molecule has 3 heterocycles. The summed E-state index contributed by atoms with van der Waals surface area (Å²) in [4.78, 5) is 11.7. The Morgan fingerprint density at radius 1 is 1.05 bits per heavy atom. The second-order valence-electron chi connectivity index (χ2n) is 10.5. The molecule has 12 heteroatoms. The first-order valence-electron chi connectivity index (χ1n) is 14.0. The van der Waals surface area contributed by atoms with Gasteiger partial charge in [0.1, 0.15) is 5.69 Å². The average Bonchev–Trinajstić information content (AvgIpc) is 3.33. The summed E-state index contributed by atoms with van der Waals surface area (Å²) in [7, 11) is -3.61. The maximum atomic E-state index is 13.3. The molecule has 3 N–H and O–H groups in total. The van der Waals surface area contributed by atoms with Gasteiger partial charge in [-0.25, -0.2) is 18.1 Å². The molecule has 1 aromatic carbocycles. The lowest BCUT2D eigenvalue weighted by atomic mass is 9.93. The van der Waals surface area contributed by atoms with Crippen molar-refractivity contribution in [1.29, 1.82) is 0 Å². The maximum absolute atomic E-state index is 13.3. The van der Waals surface area contributed by atoms with E-state index < -0.39 is 10.0 Å². The minimum atomic E-state index is -3.61. The lowest BCUT2D eigenvalue weighted by Gasteiger charge is -2.33. The van der Waals surface area contributed by atoms with Gasteiger partial charge >= 0.3 is 0 Å². The van der Waals surface area contributed by atoms with Crippen LogP contribution < -0.4 is 5.32 Å². The number of aliphatic hydroxyl groups is 2. The monoisotopic (exact) mass is 557 g/mol. The molecule has 0 amide bonds. The van der Waals surface area contributed by atoms with Crippen LogP contribution in [0.25, 0.3) is 22.3 Å². The Morgan fingerprint density at radius 3 is 2.44 bits per heavy atom. The summed E-state index contributed by atoms with van der Waals surface area (Å²) < 4.78 is 30.1. The third-order valence-electron chi connectivity index (χ3n) is 7.79. The van der Waals surface area contributed by atoms with Gasteiger partial charge in [0.05, 0.1) is 29.0 Å². The second-order valence-corrected chi connectivity index (χ2v) is 12.4. The molecule has 0 bridgehead atoms. The van der Waals surface area contributed by atoms with E-state index >= 15 is 0 Å². The van der Waals surface area contributed by atoms with Crippen LogP contribution >= 0.6 is 0 Å². The number of aliphatic hydroxyl groups excluding tert-OH is 2. The Bertz CT molecular complexity index is 1350. The Kier molecular flexibility index (Phi) is 8.77. The molecule has 0 atom stereocenters. The number of hydrogen-bond donors (Lipinski definition) is 3. The molecule has 1 aliphatic carbocycles. The molecule has 1 aliphatic heterocycles. The van der Waals surface area contributed by atoms with Crippen molar-refractivity contribution in [2.24, 2.45) is 0 Å². The number of anilines is 1. The van der Waals surface area contributed by atoms with E-state index in [9.17, 15) is 13.5 Å². The molecule has 2 aromatic heterocycles. The van der Waals surface area contributed by atoms with Crippen LogP contribution in [0.4, 0.5) is 5.95 Å². The van der Waals surface area contributed by atoms with Crippen molar-refractivity contribution in [3.05, 3.63) is 30.5 Å². The third-order valence-corrected chi connectivity index (χ3v) is 9.70. The normalized spacial score (nSPS) is 21.4. The maximum Gasteiger partial charge on any atom is 0.243 e. The molecular formula is C27H39N7O4S. The number of unbranched alkanes of at least 4 members (excludes halogenated alkanes) is 1. The average molecular weight is 558 g/mol. The van der Waals surface area contributed by atoms with E-state index in [-0.39, 0.29) is 23.6 Å². The number of benzene rings is 1. The molecule has 212 valence electrons. The van der Waals surface area contributed by atoms with Gasteiger partial charge < -0.3 is 15.5 Å². The number of fused-ring (bicyclic) bond motifs is 1. The fourth-order valence-corrected chi connectivity index (χ4v) is 6.85. The van der Waals surface area contributed by atoms with Gasteiger partial charge in [-0.2, -0.15) is 14.4 Å². The van der Waals surface area contributed by atoms with Crippen molar-refractivity contribution in [3.8, 4) is 11.3 Å². The lowest BCUT2D eigenvalue weighted by Crippen LogP contribution is -2.49. The summed E-state index contributed by atoms with van der Waals surface area (Å²) in [6.45, 7) is 5.59. The molecule has 0 radical (unpaired) electrons. The van der Waals surface area contributed by atoms with Crippen LogP contribution in [0.2, 0.25) is 0 Å². The Hall–Kier alpha value is -2.64. The van der Waals surface area contributed by atoms with Crippen LogP contribution in [0, 0.1) is 0 Å². The van der Waals surface area contributed by atoms with Crippen LogP contribution in [0.5, 0.6) is 0 Å². The van der Waals surface area contributed by atoms with Crippen molar-refractivity contribution in [2.75, 3.05) is 51.2 Å². The number of aromatic nitrogens is 4. The second kappa shape index (κ2) is 12.3. The minimum absolute atomic E-state index is 0.0725. The van der Waals surface area contributed by atoms with E-state index in [1.807, 2.05) is 4.68 Å². The highest BCUT2D eigenvalue weighted by molar-refractivity contribution is 7.89. The zero-order chi connectivity index (χ0) is 27.4. The number of rotatable bonds is 10. The van der Waals surface area contributed by atoms with E-state index in [4.69, 9.17) is 15.2 Å². The Labute approximate surface area is 229 Å². The highest BCUT2D eigenvalue weighted by Gasteiger charge is 2.29. The van der Waals surface area contributed by atoms with Crippen molar-refractivity contribution < 1.29 is 18.6 Å². The number of sulfonamides is 1. The minimum Gasteiger partial charge on any atom is -0.395 e. The zero-order valence-electron chi connectivity index (χ0n) is 22.5. The van der Waals surface area contributed by atoms with Gasteiger partial charge in [-0.15, -0.1) is 0 Å². The van der Waals surface area contributed by atoms with Gasteiger partial charge in [0.25, 0.3) is 0 Å². The molecule has 1 saturated carbocycles. The summed E-state index contributed by atoms with van der Waals surface area (Å²) in [5.41, 5.74) is 2.27. The van der Waals surface area contributed by atoms with E-state index in [0.717, 1.165) is 67.4 Å². The fraction of sp³-hybridized carbons (Fsp3) is 0.593. The SMILES string of the molecule is CCCCNc1ncc2c(-c3ccc(S(=O)(=O)N4CCN(CCO)CC4)cc3)nn(C3CCC(O)CC3)c2n1. The van der Waals surface area contributed by atoms with Gasteiger partial charge in [0.15, 0.2) is 5.65 Å². The van der Waals surface area contributed by atoms with Crippen molar-refractivity contribution in [3.63, 3.8) is 0 Å². The predicted molar refractivity (Wildman–Crippen MR) is 150 cm³/mol. The molecule has 11 nitrogen and oxygen atoms in total. The number of piperazine rings is 1. The van der Waals surface area contributed by atoms with Crippen molar-refractivity contribution >= 4 is 27.0 Å². The highest BCUT2D eigenvalue weighted by atomic mass is 32.2. The van der Waals surface area contributed by atoms with Crippen LogP contribution in [-0.4, -0.2) is 99.6 Å². The van der Waals surface area contributed by atoms with Crippen LogP contribution in [0.3, 0.4) is 0 Å². The van der Waals surface area contributed by atoms with Gasteiger partial charge in [0, 0.05) is 51.0 Å². The highest BCUT2D eigenvalue weighted by Crippen LogP contribution is 2.35. The summed E-state index contributed by atoms with van der Waals surface area (Å²) >= 11 is 0. The van der Waals surface area contributed by atoms with Crippen molar-refractivity contribution in [2.45, 2.75) is 62.5 Å². The molecule has 3 aromatic rings. The number of nitrogens with one attached hydrogen (secondary N) is 1. The summed E-state index contributed by atoms with van der Waals surface area (Å²) in [5, 5.41) is 28.3. The largest absolute Gasteiger partial charge is 0.395 e. The topological polar surface area (TPSA) is 137 Å². The molecule has 0 spiro atoms. The molecule has 0 unspecified atom stereocenters. The smallest absolute Gasteiger partial charge is 0.243 e. The Morgan fingerprint density at radius 2 is 1.77 bits per heavy atom. The van der Waals surface area contributed by atoms with E-state index in [1.54, 1.807) is 30.5 Å². The molecule has 5 rings (SSSR count). The van der Waals surface area contributed by atoms with E-state index in [0.29, 0.717) is 38.7 Å². The molecule has 2 fully saturated rings. The van der Waals surface area contributed by atoms with Gasteiger partial charge in [-0.05, 0) is 44.2 Å². The fourth-order valence-electron chi connectivity index (χ4n) is 5.42. The molecule has 2 aliphatic rings. The van der Waals surface area contributed by atoms with Crippen molar-refractivity contribution in [1.82, 2.24) is 29.0 Å². The molecular weight excluding hydrogens is 518 g/mol. The van der Waals surface area contributed by atoms with Gasteiger partial charge in [-0.1, -0.05) is 25.5 Å². The van der Waals surface area contributed by atoms with Crippen LogP contribution in [-0.2, 0) is 10.0 Å². The van der Waals surface area contributed by atoms with Gasteiger partial charge in [0.2, 0.25) is 16.0 Å². The quantitative estimate of drug-likeness (QED) is 0.321. The van der Waals surface area contributed by atoms with Crippen LogP contribution in [0.1, 0.15) is 51.5 Å². The third kappa shape index (κ3) is 6.09. The first-order valence-corrected chi connectivity index (χ1v) is 15.5. The van der Waals surface area contributed by atoms with E-state index in [2.05, 4.69) is 22.1 Å². The van der Waals surface area contributed by atoms with E-state index in [1.165, 1.54) is 4.31 Å². The number of hydrogen-bond acceptors (Lipinski definition) is 9. The lowest BCUT2D eigenvalue weighted by molar-refractivity contribution is 0.109.